The van der Waals surface area contributed by atoms with Crippen molar-refractivity contribution in [3.8, 4) is 0 Å². The van der Waals surface area contributed by atoms with Crippen LogP contribution in [-0.2, 0) is 4.74 Å². The number of carbonyl (C=O) groups is 1. The number of hydrogen-bond acceptors (Lipinski definition) is 4. The highest BCUT2D eigenvalue weighted by molar-refractivity contribution is 6.34. The van der Waals surface area contributed by atoms with Crippen molar-refractivity contribution in [1.82, 2.24) is 5.32 Å². The molecule has 1 aromatic carbocycles. The molecule has 0 radical (unpaired) electrons. The average molecular weight is 299 g/mol. The monoisotopic (exact) mass is 298 g/mol. The maximum absolute atomic E-state index is 11.8. The summed E-state index contributed by atoms with van der Waals surface area (Å²) in [4.78, 5) is 21.8. The molecule has 0 aromatic heterocycles. The molecular formula is C13H15ClN2O4. The third-order valence-corrected chi connectivity index (χ3v) is 2.60. The Balaban J connectivity index is 2.51. The second-order valence-corrected chi connectivity index (χ2v) is 4.59. The van der Waals surface area contributed by atoms with Crippen molar-refractivity contribution >= 4 is 23.2 Å². The number of hydrogen-bond donors (Lipinski definition) is 1. The number of halogens is 1. The number of non-ortho nitro benzene ring substituents is 1. The normalized spacial score (nSPS) is 10.1. The third-order valence-electron chi connectivity index (χ3n) is 2.29. The van der Waals surface area contributed by atoms with E-state index < -0.39 is 10.8 Å². The number of nitro groups is 1. The Bertz CT molecular complexity index is 531. The van der Waals surface area contributed by atoms with Crippen LogP contribution in [-0.4, -0.2) is 30.6 Å². The van der Waals surface area contributed by atoms with E-state index in [2.05, 4.69) is 11.9 Å². The first kappa shape index (κ1) is 16.1. The van der Waals surface area contributed by atoms with Gasteiger partial charge in [-0.1, -0.05) is 23.8 Å². The van der Waals surface area contributed by atoms with Gasteiger partial charge in [-0.25, -0.2) is 0 Å². The minimum atomic E-state index is -0.570. The van der Waals surface area contributed by atoms with Gasteiger partial charge in [-0.2, -0.15) is 0 Å². The van der Waals surface area contributed by atoms with Crippen LogP contribution in [0.5, 0.6) is 0 Å². The second-order valence-electron chi connectivity index (χ2n) is 4.19. The Morgan fingerprint density at radius 2 is 2.25 bits per heavy atom. The SMILES string of the molecule is C=C(C)COCCNC(=O)c1ccc([N+](=O)[O-])cc1Cl. The standard InChI is InChI=1S/C13H15ClN2O4/c1-9(2)8-20-6-5-15-13(17)11-4-3-10(16(18)19)7-12(11)14/h3-4,7H,1,5-6,8H2,2H3,(H,15,17). The number of amides is 1. The molecule has 0 aliphatic rings. The minimum Gasteiger partial charge on any atom is -0.375 e. The first-order chi connectivity index (χ1) is 9.41. The van der Waals surface area contributed by atoms with Crippen molar-refractivity contribution in [3.05, 3.63) is 51.1 Å². The van der Waals surface area contributed by atoms with E-state index >= 15 is 0 Å². The maximum Gasteiger partial charge on any atom is 0.270 e. The zero-order valence-corrected chi connectivity index (χ0v) is 11.8. The quantitative estimate of drug-likeness (QED) is 0.363. The van der Waals surface area contributed by atoms with Crippen LogP contribution in [0.3, 0.4) is 0 Å². The summed E-state index contributed by atoms with van der Waals surface area (Å²) in [7, 11) is 0. The van der Waals surface area contributed by atoms with Gasteiger partial charge in [-0.3, -0.25) is 14.9 Å². The fourth-order valence-corrected chi connectivity index (χ4v) is 1.64. The number of nitro benzene ring substituents is 1. The first-order valence-corrected chi connectivity index (χ1v) is 6.24. The molecule has 1 aromatic rings. The summed E-state index contributed by atoms with van der Waals surface area (Å²) >= 11 is 5.84. The van der Waals surface area contributed by atoms with E-state index in [0.717, 1.165) is 11.6 Å². The van der Waals surface area contributed by atoms with E-state index in [-0.39, 0.29) is 16.3 Å². The van der Waals surface area contributed by atoms with E-state index in [1.165, 1.54) is 12.1 Å². The molecule has 1 amide bonds. The molecule has 0 heterocycles. The van der Waals surface area contributed by atoms with Crippen molar-refractivity contribution in [3.63, 3.8) is 0 Å². The molecule has 0 saturated carbocycles. The van der Waals surface area contributed by atoms with Gasteiger partial charge in [0.1, 0.15) is 0 Å². The highest BCUT2D eigenvalue weighted by Crippen LogP contribution is 2.22. The molecule has 0 saturated heterocycles. The molecule has 0 fully saturated rings. The number of benzene rings is 1. The highest BCUT2D eigenvalue weighted by atomic mass is 35.5. The predicted molar refractivity (Wildman–Crippen MR) is 76.1 cm³/mol. The zero-order valence-electron chi connectivity index (χ0n) is 11.0. The molecular weight excluding hydrogens is 284 g/mol. The molecule has 0 unspecified atom stereocenters. The van der Waals surface area contributed by atoms with Crippen LogP contribution in [0.25, 0.3) is 0 Å². The summed E-state index contributed by atoms with van der Waals surface area (Å²) in [6, 6.07) is 3.71. The van der Waals surface area contributed by atoms with Gasteiger partial charge in [-0.15, -0.1) is 0 Å². The molecule has 6 nitrogen and oxygen atoms in total. The molecule has 0 aliphatic heterocycles. The van der Waals surface area contributed by atoms with Crippen LogP contribution in [0.1, 0.15) is 17.3 Å². The van der Waals surface area contributed by atoms with Crippen LogP contribution in [0.4, 0.5) is 5.69 Å². The van der Waals surface area contributed by atoms with E-state index in [9.17, 15) is 14.9 Å². The topological polar surface area (TPSA) is 81.5 Å². The summed E-state index contributed by atoms with van der Waals surface area (Å²) in [5.41, 5.74) is 0.934. The van der Waals surface area contributed by atoms with E-state index in [1.807, 2.05) is 6.92 Å². The van der Waals surface area contributed by atoms with Crippen LogP contribution in [0.2, 0.25) is 5.02 Å². The molecule has 1 rings (SSSR count). The number of rotatable bonds is 7. The van der Waals surface area contributed by atoms with E-state index in [0.29, 0.717) is 19.8 Å². The Labute approximate surface area is 121 Å². The van der Waals surface area contributed by atoms with E-state index in [1.54, 1.807) is 0 Å². The molecule has 1 N–H and O–H groups in total. The van der Waals surface area contributed by atoms with E-state index in [4.69, 9.17) is 16.3 Å². The third kappa shape index (κ3) is 4.99. The lowest BCUT2D eigenvalue weighted by molar-refractivity contribution is -0.384. The van der Waals surface area contributed by atoms with Gasteiger partial charge < -0.3 is 10.1 Å². The summed E-state index contributed by atoms with van der Waals surface area (Å²) < 4.78 is 5.23. The molecule has 0 bridgehead atoms. The fourth-order valence-electron chi connectivity index (χ4n) is 1.38. The Morgan fingerprint density at radius 1 is 1.55 bits per heavy atom. The van der Waals surface area contributed by atoms with Crippen molar-refractivity contribution in [2.24, 2.45) is 0 Å². The summed E-state index contributed by atoms with van der Waals surface area (Å²) in [6.45, 7) is 6.64. The molecule has 20 heavy (non-hydrogen) atoms. The lowest BCUT2D eigenvalue weighted by Crippen LogP contribution is -2.27. The summed E-state index contributed by atoms with van der Waals surface area (Å²) in [5.74, 6) is -0.399. The van der Waals surface area contributed by atoms with Crippen molar-refractivity contribution < 1.29 is 14.5 Å². The minimum absolute atomic E-state index is 0.0413. The highest BCUT2D eigenvalue weighted by Gasteiger charge is 2.14. The van der Waals surface area contributed by atoms with Crippen LogP contribution in [0, 0.1) is 10.1 Å². The fraction of sp³-hybridized carbons (Fsp3) is 0.308. The molecule has 0 aliphatic carbocycles. The van der Waals surface area contributed by atoms with Gasteiger partial charge in [-0.05, 0) is 13.0 Å². The van der Waals surface area contributed by atoms with Crippen LogP contribution >= 0.6 is 11.6 Å². The number of nitrogens with zero attached hydrogens (tertiary/aromatic N) is 1. The lowest BCUT2D eigenvalue weighted by atomic mass is 10.2. The molecule has 108 valence electrons. The van der Waals surface area contributed by atoms with Crippen LogP contribution < -0.4 is 5.32 Å². The maximum atomic E-state index is 11.8. The average Bonchev–Trinajstić information content (AvgIpc) is 2.37. The summed E-state index contributed by atoms with van der Waals surface area (Å²) in [6.07, 6.45) is 0. The van der Waals surface area contributed by atoms with Gasteiger partial charge in [0.2, 0.25) is 0 Å². The zero-order chi connectivity index (χ0) is 15.1. The Morgan fingerprint density at radius 3 is 2.80 bits per heavy atom. The van der Waals surface area contributed by atoms with Crippen LogP contribution in [0.15, 0.2) is 30.4 Å². The second kappa shape index (κ2) is 7.62. The van der Waals surface area contributed by atoms with Crippen molar-refractivity contribution in [1.29, 1.82) is 0 Å². The smallest absolute Gasteiger partial charge is 0.270 e. The molecule has 7 heteroatoms. The number of carbonyl (C=O) groups excluding carboxylic acids is 1. The number of ether oxygens (including phenoxy) is 1. The van der Waals surface area contributed by atoms with Gasteiger partial charge in [0.25, 0.3) is 11.6 Å². The summed E-state index contributed by atoms with van der Waals surface area (Å²) in [5, 5.41) is 13.2. The largest absolute Gasteiger partial charge is 0.375 e. The van der Waals surface area contributed by atoms with Gasteiger partial charge >= 0.3 is 0 Å². The Hall–Kier alpha value is -1.92. The first-order valence-electron chi connectivity index (χ1n) is 5.86. The van der Waals surface area contributed by atoms with Gasteiger partial charge in [0.05, 0.1) is 28.7 Å². The lowest BCUT2D eigenvalue weighted by Gasteiger charge is -2.07. The van der Waals surface area contributed by atoms with Crippen molar-refractivity contribution in [2.45, 2.75) is 6.92 Å². The number of nitrogens with one attached hydrogen (secondary N) is 1. The molecule has 0 spiro atoms. The predicted octanol–water partition coefficient (Wildman–Crippen LogP) is 2.57. The molecule has 0 atom stereocenters. The van der Waals surface area contributed by atoms with Crippen molar-refractivity contribution in [2.75, 3.05) is 19.8 Å². The Kier molecular flexibility index (Phi) is 6.14. The van der Waals surface area contributed by atoms with Gasteiger partial charge in [0, 0.05) is 18.7 Å². The van der Waals surface area contributed by atoms with Gasteiger partial charge in [0.15, 0.2) is 0 Å².